The summed E-state index contributed by atoms with van der Waals surface area (Å²) < 4.78 is 6.49. The van der Waals surface area contributed by atoms with E-state index in [9.17, 15) is 0 Å². The van der Waals surface area contributed by atoms with Crippen molar-refractivity contribution < 1.29 is 4.74 Å². The monoisotopic (exact) mass is 352 g/mol. The van der Waals surface area contributed by atoms with Crippen LogP contribution in [0.5, 0.6) is 11.8 Å². The standard InChI is InChI=1S/C13H17BrN6O/c1-4-20(5-2)12-17-11(15-3)18-13(19-12)21-10-6-9(14)7-16-8-10/h6-8H,4-5H2,1-3H3,(H,15,17,18,19). The summed E-state index contributed by atoms with van der Waals surface area (Å²) in [5, 5.41) is 2.91. The van der Waals surface area contributed by atoms with Crippen LogP contribution in [-0.4, -0.2) is 40.1 Å². The average molecular weight is 353 g/mol. The number of halogens is 1. The highest BCUT2D eigenvalue weighted by atomic mass is 79.9. The van der Waals surface area contributed by atoms with E-state index in [0.29, 0.717) is 17.6 Å². The predicted molar refractivity (Wildman–Crippen MR) is 84.9 cm³/mol. The molecule has 0 amide bonds. The molecule has 0 saturated heterocycles. The lowest BCUT2D eigenvalue weighted by Gasteiger charge is -2.19. The molecule has 2 aromatic heterocycles. The molecule has 112 valence electrons. The van der Waals surface area contributed by atoms with Crippen molar-refractivity contribution in [3.8, 4) is 11.8 Å². The number of pyridine rings is 1. The molecule has 0 aliphatic rings. The fraction of sp³-hybridized carbons (Fsp3) is 0.385. The highest BCUT2D eigenvalue weighted by Gasteiger charge is 2.12. The Bertz CT molecular complexity index is 605. The van der Waals surface area contributed by atoms with E-state index in [0.717, 1.165) is 17.6 Å². The minimum absolute atomic E-state index is 0.233. The summed E-state index contributed by atoms with van der Waals surface area (Å²) in [7, 11) is 1.76. The van der Waals surface area contributed by atoms with Gasteiger partial charge in [-0.2, -0.15) is 15.0 Å². The molecule has 0 aromatic carbocycles. The maximum Gasteiger partial charge on any atom is 0.328 e. The van der Waals surface area contributed by atoms with Crippen LogP contribution in [0.15, 0.2) is 22.9 Å². The quantitative estimate of drug-likeness (QED) is 0.856. The van der Waals surface area contributed by atoms with Gasteiger partial charge in [0.2, 0.25) is 11.9 Å². The third-order valence-electron chi connectivity index (χ3n) is 2.76. The first-order valence-electron chi connectivity index (χ1n) is 6.63. The minimum atomic E-state index is 0.233. The van der Waals surface area contributed by atoms with Crippen molar-refractivity contribution in [1.82, 2.24) is 19.9 Å². The molecule has 1 N–H and O–H groups in total. The zero-order valence-corrected chi connectivity index (χ0v) is 13.8. The van der Waals surface area contributed by atoms with Gasteiger partial charge in [-0.3, -0.25) is 4.98 Å². The van der Waals surface area contributed by atoms with E-state index in [1.807, 2.05) is 18.7 Å². The molecular formula is C13H17BrN6O. The van der Waals surface area contributed by atoms with Gasteiger partial charge in [-0.15, -0.1) is 0 Å². The highest BCUT2D eigenvalue weighted by Crippen LogP contribution is 2.22. The first kappa shape index (κ1) is 15.4. The van der Waals surface area contributed by atoms with Gasteiger partial charge in [0.25, 0.3) is 0 Å². The largest absolute Gasteiger partial charge is 0.422 e. The number of anilines is 2. The molecule has 8 heteroatoms. The van der Waals surface area contributed by atoms with Gasteiger partial charge in [0.1, 0.15) is 0 Å². The van der Waals surface area contributed by atoms with Crippen LogP contribution in [0.1, 0.15) is 13.8 Å². The summed E-state index contributed by atoms with van der Waals surface area (Å²) in [6.45, 7) is 5.71. The van der Waals surface area contributed by atoms with Gasteiger partial charge in [-0.1, -0.05) is 0 Å². The second kappa shape index (κ2) is 7.16. The average Bonchev–Trinajstić information content (AvgIpc) is 2.48. The van der Waals surface area contributed by atoms with Gasteiger partial charge in [-0.05, 0) is 35.8 Å². The van der Waals surface area contributed by atoms with E-state index in [4.69, 9.17) is 4.74 Å². The maximum absolute atomic E-state index is 5.66. The molecule has 21 heavy (non-hydrogen) atoms. The van der Waals surface area contributed by atoms with Gasteiger partial charge < -0.3 is 15.0 Å². The van der Waals surface area contributed by atoms with E-state index in [-0.39, 0.29) is 6.01 Å². The lowest BCUT2D eigenvalue weighted by Crippen LogP contribution is -2.25. The van der Waals surface area contributed by atoms with E-state index in [2.05, 4.69) is 41.2 Å². The zero-order chi connectivity index (χ0) is 15.2. The van der Waals surface area contributed by atoms with Crippen molar-refractivity contribution in [1.29, 1.82) is 0 Å². The number of hydrogen-bond acceptors (Lipinski definition) is 7. The zero-order valence-electron chi connectivity index (χ0n) is 12.2. The van der Waals surface area contributed by atoms with Crippen molar-refractivity contribution in [2.24, 2.45) is 0 Å². The normalized spacial score (nSPS) is 10.3. The van der Waals surface area contributed by atoms with Gasteiger partial charge >= 0.3 is 6.01 Å². The van der Waals surface area contributed by atoms with Crippen molar-refractivity contribution in [2.45, 2.75) is 13.8 Å². The maximum atomic E-state index is 5.66. The van der Waals surface area contributed by atoms with Gasteiger partial charge in [-0.25, -0.2) is 0 Å². The fourth-order valence-electron chi connectivity index (χ4n) is 1.70. The Morgan fingerprint density at radius 1 is 1.19 bits per heavy atom. The second-order valence-corrected chi connectivity index (χ2v) is 5.02. The Kier molecular flexibility index (Phi) is 5.26. The summed E-state index contributed by atoms with van der Waals surface area (Å²) in [6.07, 6.45) is 3.28. The summed E-state index contributed by atoms with van der Waals surface area (Å²) in [6, 6.07) is 2.03. The SMILES string of the molecule is CCN(CC)c1nc(NC)nc(Oc2cncc(Br)c2)n1. The molecule has 0 aliphatic carbocycles. The molecular weight excluding hydrogens is 336 g/mol. The molecule has 2 aromatic rings. The topological polar surface area (TPSA) is 76.1 Å². The van der Waals surface area contributed by atoms with Crippen LogP contribution in [0, 0.1) is 0 Å². The minimum Gasteiger partial charge on any atom is -0.422 e. The Hall–Kier alpha value is -1.96. The number of nitrogens with zero attached hydrogens (tertiary/aromatic N) is 5. The Morgan fingerprint density at radius 2 is 1.95 bits per heavy atom. The molecule has 0 bridgehead atoms. The van der Waals surface area contributed by atoms with Crippen LogP contribution in [0.3, 0.4) is 0 Å². The van der Waals surface area contributed by atoms with E-state index in [1.165, 1.54) is 0 Å². The third-order valence-corrected chi connectivity index (χ3v) is 3.20. The lowest BCUT2D eigenvalue weighted by atomic mass is 10.5. The number of hydrogen-bond donors (Lipinski definition) is 1. The number of aromatic nitrogens is 4. The van der Waals surface area contributed by atoms with Crippen LogP contribution in [0.2, 0.25) is 0 Å². The first-order chi connectivity index (χ1) is 10.2. The molecule has 0 fully saturated rings. The van der Waals surface area contributed by atoms with Crippen molar-refractivity contribution in [3.63, 3.8) is 0 Å². The molecule has 7 nitrogen and oxygen atoms in total. The van der Waals surface area contributed by atoms with Crippen molar-refractivity contribution in [3.05, 3.63) is 22.9 Å². The Balaban J connectivity index is 2.32. The third kappa shape index (κ3) is 4.01. The van der Waals surface area contributed by atoms with Gasteiger partial charge in [0.05, 0.1) is 6.20 Å². The van der Waals surface area contributed by atoms with Crippen LogP contribution < -0.4 is 15.0 Å². The number of nitrogens with one attached hydrogen (secondary N) is 1. The molecule has 0 aliphatic heterocycles. The predicted octanol–water partition coefficient (Wildman–Crippen LogP) is 2.71. The summed E-state index contributed by atoms with van der Waals surface area (Å²) in [5.74, 6) is 1.60. The molecule has 0 atom stereocenters. The number of rotatable bonds is 6. The smallest absolute Gasteiger partial charge is 0.328 e. The fourth-order valence-corrected chi connectivity index (χ4v) is 2.05. The second-order valence-electron chi connectivity index (χ2n) is 4.10. The molecule has 0 saturated carbocycles. The Labute approximate surface area is 131 Å². The van der Waals surface area contributed by atoms with Crippen molar-refractivity contribution >= 4 is 27.8 Å². The van der Waals surface area contributed by atoms with E-state index in [1.54, 1.807) is 25.5 Å². The lowest BCUT2D eigenvalue weighted by molar-refractivity contribution is 0.438. The van der Waals surface area contributed by atoms with Crippen LogP contribution in [0.4, 0.5) is 11.9 Å². The molecule has 0 unspecified atom stereocenters. The van der Waals surface area contributed by atoms with Crippen LogP contribution in [0.25, 0.3) is 0 Å². The Morgan fingerprint density at radius 3 is 2.57 bits per heavy atom. The van der Waals surface area contributed by atoms with E-state index >= 15 is 0 Å². The van der Waals surface area contributed by atoms with Crippen LogP contribution in [-0.2, 0) is 0 Å². The van der Waals surface area contributed by atoms with Gasteiger partial charge in [0, 0.05) is 30.8 Å². The van der Waals surface area contributed by atoms with E-state index < -0.39 is 0 Å². The molecule has 2 heterocycles. The van der Waals surface area contributed by atoms with Crippen LogP contribution >= 0.6 is 15.9 Å². The summed E-state index contributed by atoms with van der Waals surface area (Å²) in [4.78, 5) is 19.0. The van der Waals surface area contributed by atoms with Crippen molar-refractivity contribution in [2.75, 3.05) is 30.4 Å². The molecule has 0 radical (unpaired) electrons. The highest BCUT2D eigenvalue weighted by molar-refractivity contribution is 9.10. The first-order valence-corrected chi connectivity index (χ1v) is 7.42. The number of ether oxygens (including phenoxy) is 1. The summed E-state index contributed by atoms with van der Waals surface area (Å²) in [5.41, 5.74) is 0. The molecule has 0 spiro atoms. The van der Waals surface area contributed by atoms with Gasteiger partial charge in [0.15, 0.2) is 5.75 Å². The molecule has 2 rings (SSSR count). The summed E-state index contributed by atoms with van der Waals surface area (Å²) >= 11 is 3.35.